The Morgan fingerprint density at radius 2 is 1.49 bits per heavy atom. The van der Waals surface area contributed by atoms with Crippen molar-refractivity contribution in [2.75, 3.05) is 39.8 Å². The van der Waals surface area contributed by atoms with Crippen LogP contribution in [0.1, 0.15) is 56.1 Å². The number of carbonyl (C=O) groups is 1. The predicted molar refractivity (Wildman–Crippen MR) is 166 cm³/mol. The summed E-state index contributed by atoms with van der Waals surface area (Å²) >= 11 is 0. The Kier molecular flexibility index (Phi) is 11.5. The van der Waals surface area contributed by atoms with Gasteiger partial charge in [-0.15, -0.1) is 0 Å². The average Bonchev–Trinajstić information content (AvgIpc) is 3.02. The van der Waals surface area contributed by atoms with Gasteiger partial charge in [-0.2, -0.15) is 0 Å². The molecule has 3 aromatic rings. The third kappa shape index (κ3) is 8.74. The van der Waals surface area contributed by atoms with E-state index in [1.807, 2.05) is 42.5 Å². The van der Waals surface area contributed by atoms with E-state index >= 15 is 0 Å². The second-order valence-corrected chi connectivity index (χ2v) is 13.2. The van der Waals surface area contributed by atoms with Crippen molar-refractivity contribution >= 4 is 15.9 Å². The topological polar surface area (TPSA) is 60.9 Å². The molecular formula is C34H45N3O3S. The zero-order valence-corrected chi connectivity index (χ0v) is 25.4. The van der Waals surface area contributed by atoms with Crippen LogP contribution in [0.2, 0.25) is 0 Å². The number of likely N-dealkylation sites (tertiary alicyclic amines) is 1. The molecule has 0 saturated carbocycles. The molecule has 0 spiro atoms. The largest absolute Gasteiger partial charge is 0.340 e. The molecule has 0 aliphatic carbocycles. The van der Waals surface area contributed by atoms with Gasteiger partial charge >= 0.3 is 0 Å². The molecule has 1 heterocycles. The van der Waals surface area contributed by atoms with Crippen molar-refractivity contribution in [3.05, 3.63) is 102 Å². The molecule has 1 aliphatic heterocycles. The fourth-order valence-electron chi connectivity index (χ4n) is 5.85. The van der Waals surface area contributed by atoms with E-state index in [2.05, 4.69) is 41.0 Å². The van der Waals surface area contributed by atoms with E-state index in [1.165, 1.54) is 9.87 Å². The Bertz CT molecular complexity index is 1290. The number of carbonyl (C=O) groups excluding carboxylic acids is 1. The lowest BCUT2D eigenvalue weighted by molar-refractivity contribution is -0.134. The van der Waals surface area contributed by atoms with E-state index in [1.54, 1.807) is 31.3 Å². The summed E-state index contributed by atoms with van der Waals surface area (Å²) in [6, 6.07) is 29.5. The van der Waals surface area contributed by atoms with Crippen LogP contribution in [0.3, 0.4) is 0 Å². The van der Waals surface area contributed by atoms with Crippen LogP contribution in [-0.4, -0.2) is 74.2 Å². The van der Waals surface area contributed by atoms with Gasteiger partial charge in [-0.1, -0.05) is 85.8 Å². The van der Waals surface area contributed by atoms with Gasteiger partial charge in [-0.25, -0.2) is 12.7 Å². The smallest absolute Gasteiger partial charge is 0.242 e. The number of likely N-dealkylation sites (N-methyl/N-ethyl adjacent to an activating group) is 1. The Labute approximate surface area is 247 Å². The molecule has 7 heteroatoms. The summed E-state index contributed by atoms with van der Waals surface area (Å²) in [6.07, 6.45) is 5.15. The minimum atomic E-state index is -3.56. The number of rotatable bonds is 14. The maximum absolute atomic E-state index is 13.2. The van der Waals surface area contributed by atoms with Crippen molar-refractivity contribution in [3.63, 3.8) is 0 Å². The highest BCUT2D eigenvalue weighted by atomic mass is 32.2. The van der Waals surface area contributed by atoms with Crippen LogP contribution in [0.5, 0.6) is 0 Å². The van der Waals surface area contributed by atoms with Gasteiger partial charge in [0.25, 0.3) is 0 Å². The summed E-state index contributed by atoms with van der Waals surface area (Å²) in [5, 5.41) is 0. The number of hydrogen-bond acceptors (Lipinski definition) is 4. The minimum absolute atomic E-state index is 0.0913. The Balaban J connectivity index is 1.33. The number of hydrogen-bond donors (Lipinski definition) is 0. The molecular weight excluding hydrogens is 530 g/mol. The highest BCUT2D eigenvalue weighted by molar-refractivity contribution is 7.89. The maximum Gasteiger partial charge on any atom is 0.242 e. The van der Waals surface area contributed by atoms with Crippen LogP contribution in [0.15, 0.2) is 95.9 Å². The first-order valence-corrected chi connectivity index (χ1v) is 16.4. The van der Waals surface area contributed by atoms with Crippen molar-refractivity contribution in [3.8, 4) is 0 Å². The number of aryl methyl sites for hydroxylation is 1. The zero-order valence-electron chi connectivity index (χ0n) is 24.6. The Hall–Kier alpha value is -3.00. The van der Waals surface area contributed by atoms with Crippen molar-refractivity contribution in [2.24, 2.45) is 0 Å². The molecule has 41 heavy (non-hydrogen) atoms. The number of nitrogens with zero attached hydrogens (tertiary/aromatic N) is 3. The molecule has 0 radical (unpaired) electrons. The molecule has 6 nitrogen and oxygen atoms in total. The highest BCUT2D eigenvalue weighted by Crippen LogP contribution is 2.26. The molecule has 1 amide bonds. The fourth-order valence-corrected chi connectivity index (χ4v) is 7.09. The van der Waals surface area contributed by atoms with Gasteiger partial charge in [-0.3, -0.25) is 4.79 Å². The summed E-state index contributed by atoms with van der Waals surface area (Å²) < 4.78 is 27.9. The molecule has 1 fully saturated rings. The molecule has 0 aromatic heterocycles. The number of benzene rings is 3. The fraction of sp³-hybridized carbons (Fsp3) is 0.441. The molecule has 1 atom stereocenters. The summed E-state index contributed by atoms with van der Waals surface area (Å²) in [5.41, 5.74) is 2.37. The average molecular weight is 576 g/mol. The minimum Gasteiger partial charge on any atom is -0.340 e. The number of sulfonamides is 1. The predicted octanol–water partition coefficient (Wildman–Crippen LogP) is 5.82. The second kappa shape index (κ2) is 15.3. The Morgan fingerprint density at radius 3 is 2.10 bits per heavy atom. The van der Waals surface area contributed by atoms with Crippen LogP contribution >= 0.6 is 0 Å². The van der Waals surface area contributed by atoms with E-state index in [-0.39, 0.29) is 11.8 Å². The lowest BCUT2D eigenvalue weighted by Gasteiger charge is -2.39. The Morgan fingerprint density at radius 1 is 0.902 bits per heavy atom. The van der Waals surface area contributed by atoms with Gasteiger partial charge in [0.05, 0.1) is 4.90 Å². The van der Waals surface area contributed by atoms with Crippen molar-refractivity contribution < 1.29 is 13.2 Å². The standard InChI is InChI=1S/C34H45N3O3S/c1-3-24-37(34(38)20-19-29-13-7-4-8-14-29)32-22-26-36(27-23-32)25-21-31(30-15-9-5-10-16-30)28-35(2)41(39,40)33-17-11-6-12-18-33/h4-18,31-32H,3,19-28H2,1-2H3/t31-/m0/s1. The second-order valence-electron chi connectivity index (χ2n) is 11.1. The zero-order chi connectivity index (χ0) is 29.1. The van der Waals surface area contributed by atoms with E-state index in [4.69, 9.17) is 0 Å². The van der Waals surface area contributed by atoms with Gasteiger partial charge in [0, 0.05) is 45.7 Å². The van der Waals surface area contributed by atoms with Crippen LogP contribution in [-0.2, 0) is 21.2 Å². The molecule has 4 rings (SSSR count). The SMILES string of the molecule is CCCN(C(=O)CCc1ccccc1)C1CCN(CC[C@@H](CN(C)S(=O)(=O)c2ccccc2)c2ccccc2)CC1. The monoisotopic (exact) mass is 575 g/mol. The summed E-state index contributed by atoms with van der Waals surface area (Å²) in [4.78, 5) is 18.1. The molecule has 220 valence electrons. The van der Waals surface area contributed by atoms with Crippen LogP contribution < -0.4 is 0 Å². The van der Waals surface area contributed by atoms with E-state index in [9.17, 15) is 13.2 Å². The highest BCUT2D eigenvalue weighted by Gasteiger charge is 2.29. The molecule has 0 bridgehead atoms. The molecule has 3 aromatic carbocycles. The quantitative estimate of drug-likeness (QED) is 0.243. The molecule has 1 saturated heterocycles. The van der Waals surface area contributed by atoms with Gasteiger partial charge in [0.2, 0.25) is 15.9 Å². The van der Waals surface area contributed by atoms with Gasteiger partial charge < -0.3 is 9.80 Å². The van der Waals surface area contributed by atoms with Crippen molar-refractivity contribution in [2.45, 2.75) is 62.3 Å². The molecule has 0 unspecified atom stereocenters. The summed E-state index contributed by atoms with van der Waals surface area (Å²) in [5.74, 6) is 0.356. The number of amides is 1. The normalized spacial score (nSPS) is 15.6. The summed E-state index contributed by atoms with van der Waals surface area (Å²) in [6.45, 7) is 6.20. The number of piperidine rings is 1. The van der Waals surface area contributed by atoms with Crippen molar-refractivity contribution in [1.29, 1.82) is 0 Å². The first kappa shape index (κ1) is 30.9. The van der Waals surface area contributed by atoms with Gasteiger partial charge in [0.15, 0.2) is 0 Å². The van der Waals surface area contributed by atoms with E-state index < -0.39 is 10.0 Å². The summed E-state index contributed by atoms with van der Waals surface area (Å²) in [7, 11) is -1.87. The third-order valence-corrected chi connectivity index (χ3v) is 10.1. The van der Waals surface area contributed by atoms with Crippen LogP contribution in [0, 0.1) is 0 Å². The lowest BCUT2D eigenvalue weighted by atomic mass is 9.94. The third-order valence-electron chi connectivity index (χ3n) is 8.25. The first-order valence-electron chi connectivity index (χ1n) is 15.0. The van der Waals surface area contributed by atoms with Gasteiger partial charge in [0.1, 0.15) is 0 Å². The maximum atomic E-state index is 13.2. The van der Waals surface area contributed by atoms with Crippen LogP contribution in [0.4, 0.5) is 0 Å². The first-order chi connectivity index (χ1) is 19.9. The van der Waals surface area contributed by atoms with Gasteiger partial charge in [-0.05, 0) is 67.8 Å². The van der Waals surface area contributed by atoms with E-state index in [0.717, 1.165) is 63.8 Å². The lowest BCUT2D eigenvalue weighted by Crippen LogP contribution is -2.48. The molecule has 0 N–H and O–H groups in total. The van der Waals surface area contributed by atoms with Crippen LogP contribution in [0.25, 0.3) is 0 Å². The van der Waals surface area contributed by atoms with E-state index in [0.29, 0.717) is 23.9 Å². The van der Waals surface area contributed by atoms with Crippen molar-refractivity contribution in [1.82, 2.24) is 14.1 Å². The molecule has 1 aliphatic rings.